The molecule has 0 spiro atoms. The molecule has 4 nitrogen and oxygen atoms in total. The van der Waals surface area contributed by atoms with Crippen LogP contribution in [0.1, 0.15) is 47.7 Å². The van der Waals surface area contributed by atoms with Gasteiger partial charge >= 0.3 is 5.97 Å². The van der Waals surface area contributed by atoms with Crippen LogP contribution in [-0.2, 0) is 0 Å². The van der Waals surface area contributed by atoms with Crippen LogP contribution in [0, 0.1) is 0 Å². The van der Waals surface area contributed by atoms with Crippen molar-refractivity contribution in [3.63, 3.8) is 0 Å². The molecule has 1 N–H and O–H groups in total. The Bertz CT molecular complexity index is 692. The van der Waals surface area contributed by atoms with Gasteiger partial charge < -0.3 is 9.63 Å². The Kier molecular flexibility index (Phi) is 4.04. The van der Waals surface area contributed by atoms with Crippen molar-refractivity contribution in [3.05, 3.63) is 39.0 Å². The molecule has 0 saturated heterocycles. The highest BCUT2D eigenvalue weighted by Crippen LogP contribution is 2.40. The van der Waals surface area contributed by atoms with E-state index in [9.17, 15) is 9.90 Å². The Morgan fingerprint density at radius 2 is 2.10 bits per heavy atom. The fraction of sp³-hybridized carbons (Fsp3) is 0.333. The van der Waals surface area contributed by atoms with Crippen molar-refractivity contribution in [3.8, 4) is 11.3 Å². The van der Waals surface area contributed by atoms with Gasteiger partial charge in [-0.1, -0.05) is 45.5 Å². The molecule has 0 unspecified atom stereocenters. The van der Waals surface area contributed by atoms with E-state index in [-0.39, 0.29) is 11.5 Å². The fourth-order valence-corrected chi connectivity index (χ4v) is 3.41. The molecule has 3 rings (SSSR count). The van der Waals surface area contributed by atoms with Crippen LogP contribution >= 0.6 is 27.5 Å². The minimum Gasteiger partial charge on any atom is -0.477 e. The lowest BCUT2D eigenvalue weighted by Gasteiger charge is -2.06. The topological polar surface area (TPSA) is 63.3 Å². The number of aromatic nitrogens is 1. The Morgan fingerprint density at radius 3 is 2.76 bits per heavy atom. The highest BCUT2D eigenvalue weighted by atomic mass is 79.9. The van der Waals surface area contributed by atoms with Gasteiger partial charge in [-0.05, 0) is 31.0 Å². The van der Waals surface area contributed by atoms with E-state index in [0.29, 0.717) is 22.0 Å². The second-order valence-electron chi connectivity index (χ2n) is 5.18. The van der Waals surface area contributed by atoms with Crippen LogP contribution in [0.5, 0.6) is 0 Å². The number of hydrogen-bond donors (Lipinski definition) is 1. The summed E-state index contributed by atoms with van der Waals surface area (Å²) in [5, 5.41) is 14.0. The highest BCUT2D eigenvalue weighted by molar-refractivity contribution is 9.10. The minimum absolute atomic E-state index is 0.141. The van der Waals surface area contributed by atoms with Gasteiger partial charge in [-0.25, -0.2) is 4.79 Å². The molecule has 1 aliphatic rings. The molecule has 0 radical (unpaired) electrons. The molecule has 1 saturated carbocycles. The van der Waals surface area contributed by atoms with Crippen molar-refractivity contribution in [1.29, 1.82) is 0 Å². The SMILES string of the molecule is O=C(O)c1c(-c2cc(Br)ccc2Cl)noc1C1CCCC1. The van der Waals surface area contributed by atoms with Gasteiger partial charge in [0, 0.05) is 16.0 Å². The third-order valence-corrected chi connectivity index (χ3v) is 4.66. The predicted molar refractivity (Wildman–Crippen MR) is 82.8 cm³/mol. The monoisotopic (exact) mass is 369 g/mol. The van der Waals surface area contributed by atoms with Gasteiger partial charge in [-0.3, -0.25) is 0 Å². The van der Waals surface area contributed by atoms with Crippen molar-refractivity contribution in [2.45, 2.75) is 31.6 Å². The number of benzene rings is 1. The van der Waals surface area contributed by atoms with Gasteiger partial charge in [-0.2, -0.15) is 0 Å². The number of carbonyl (C=O) groups is 1. The number of rotatable bonds is 3. The number of carboxylic acids is 1. The van der Waals surface area contributed by atoms with Crippen molar-refractivity contribution in [2.75, 3.05) is 0 Å². The standard InChI is InChI=1S/C15H13BrClNO3/c16-9-5-6-11(17)10(7-9)13-12(15(19)20)14(21-18-13)8-3-1-2-4-8/h5-8H,1-4H2,(H,19,20). The molecule has 1 heterocycles. The molecule has 1 aromatic heterocycles. The van der Waals surface area contributed by atoms with E-state index in [1.165, 1.54) is 0 Å². The van der Waals surface area contributed by atoms with Crippen LogP contribution in [0.4, 0.5) is 0 Å². The van der Waals surface area contributed by atoms with Crippen molar-refractivity contribution >= 4 is 33.5 Å². The third-order valence-electron chi connectivity index (χ3n) is 3.84. The molecular formula is C15H13BrClNO3. The Balaban J connectivity index is 2.14. The second kappa shape index (κ2) is 5.81. The summed E-state index contributed by atoms with van der Waals surface area (Å²) in [4.78, 5) is 11.7. The molecule has 0 bridgehead atoms. The number of carboxylic acid groups (broad SMARTS) is 1. The van der Waals surface area contributed by atoms with E-state index in [4.69, 9.17) is 16.1 Å². The smallest absolute Gasteiger partial charge is 0.341 e. The van der Waals surface area contributed by atoms with Crippen molar-refractivity contribution in [1.82, 2.24) is 5.16 Å². The minimum atomic E-state index is -1.02. The molecule has 2 aromatic rings. The average Bonchev–Trinajstić information content (AvgIpc) is 3.08. The van der Waals surface area contributed by atoms with E-state index in [1.807, 2.05) is 0 Å². The van der Waals surface area contributed by atoms with Gasteiger partial charge in [0.1, 0.15) is 11.3 Å². The number of aromatic carboxylic acids is 1. The fourth-order valence-electron chi connectivity index (χ4n) is 2.84. The van der Waals surface area contributed by atoms with Crippen LogP contribution in [0.25, 0.3) is 11.3 Å². The maximum Gasteiger partial charge on any atom is 0.341 e. The van der Waals surface area contributed by atoms with Crippen molar-refractivity contribution < 1.29 is 14.4 Å². The second-order valence-corrected chi connectivity index (χ2v) is 6.50. The van der Waals surface area contributed by atoms with Crippen LogP contribution in [0.3, 0.4) is 0 Å². The van der Waals surface area contributed by atoms with E-state index in [2.05, 4.69) is 21.1 Å². The number of hydrogen-bond acceptors (Lipinski definition) is 3. The molecule has 110 valence electrons. The maximum atomic E-state index is 11.7. The average molecular weight is 371 g/mol. The van der Waals surface area contributed by atoms with E-state index < -0.39 is 5.97 Å². The summed E-state index contributed by atoms with van der Waals surface area (Å²) in [6.07, 6.45) is 4.08. The Labute approximate surface area is 135 Å². The normalized spacial score (nSPS) is 15.5. The molecule has 1 aromatic carbocycles. The van der Waals surface area contributed by atoms with Crippen LogP contribution in [0.15, 0.2) is 27.2 Å². The molecule has 1 aliphatic carbocycles. The van der Waals surface area contributed by atoms with Gasteiger partial charge in [0.25, 0.3) is 0 Å². The molecule has 1 fully saturated rings. The van der Waals surface area contributed by atoms with E-state index in [1.54, 1.807) is 18.2 Å². The summed E-state index contributed by atoms with van der Waals surface area (Å²) < 4.78 is 6.19. The molecular weight excluding hydrogens is 358 g/mol. The first kappa shape index (κ1) is 14.6. The first-order valence-corrected chi connectivity index (χ1v) is 7.93. The lowest BCUT2D eigenvalue weighted by molar-refractivity contribution is 0.0694. The Hall–Kier alpha value is -1.33. The summed E-state index contributed by atoms with van der Waals surface area (Å²) in [5.74, 6) is -0.404. The lowest BCUT2D eigenvalue weighted by Crippen LogP contribution is -2.04. The lowest BCUT2D eigenvalue weighted by atomic mass is 9.97. The summed E-state index contributed by atoms with van der Waals surface area (Å²) in [6.45, 7) is 0. The first-order chi connectivity index (χ1) is 10.1. The maximum absolute atomic E-state index is 11.7. The summed E-state index contributed by atoms with van der Waals surface area (Å²) in [5.41, 5.74) is 1.01. The zero-order valence-electron chi connectivity index (χ0n) is 11.1. The number of nitrogens with zero attached hydrogens (tertiary/aromatic N) is 1. The van der Waals surface area contributed by atoms with Gasteiger partial charge in [0.15, 0.2) is 5.76 Å². The third kappa shape index (κ3) is 2.72. The van der Waals surface area contributed by atoms with Crippen LogP contribution in [-0.4, -0.2) is 16.2 Å². The molecule has 21 heavy (non-hydrogen) atoms. The quantitative estimate of drug-likeness (QED) is 0.815. The van der Waals surface area contributed by atoms with Crippen LogP contribution < -0.4 is 0 Å². The van der Waals surface area contributed by atoms with E-state index in [0.717, 1.165) is 30.2 Å². The van der Waals surface area contributed by atoms with Gasteiger partial charge in [0.05, 0.1) is 5.02 Å². The largest absolute Gasteiger partial charge is 0.477 e. The molecule has 6 heteroatoms. The predicted octanol–water partition coefficient (Wildman–Crippen LogP) is 5.11. The highest BCUT2D eigenvalue weighted by Gasteiger charge is 2.31. The van der Waals surface area contributed by atoms with Crippen LogP contribution in [0.2, 0.25) is 5.02 Å². The molecule has 0 amide bonds. The van der Waals surface area contributed by atoms with Gasteiger partial charge in [-0.15, -0.1) is 0 Å². The first-order valence-electron chi connectivity index (χ1n) is 6.76. The van der Waals surface area contributed by atoms with Crippen molar-refractivity contribution in [2.24, 2.45) is 0 Å². The summed E-state index contributed by atoms with van der Waals surface area (Å²) in [7, 11) is 0. The van der Waals surface area contributed by atoms with E-state index >= 15 is 0 Å². The number of halogens is 2. The zero-order chi connectivity index (χ0) is 15.0. The summed E-state index contributed by atoms with van der Waals surface area (Å²) in [6, 6.07) is 5.26. The summed E-state index contributed by atoms with van der Waals surface area (Å²) >= 11 is 9.54. The zero-order valence-corrected chi connectivity index (χ0v) is 13.4. The Morgan fingerprint density at radius 1 is 1.38 bits per heavy atom. The molecule has 0 atom stereocenters. The molecule has 0 aliphatic heterocycles. The van der Waals surface area contributed by atoms with Gasteiger partial charge in [0.2, 0.25) is 0 Å².